The van der Waals surface area contributed by atoms with E-state index in [1.54, 1.807) is 6.92 Å². The molecule has 0 spiro atoms. The van der Waals surface area contributed by atoms with Crippen LogP contribution in [0.1, 0.15) is 32.0 Å². The third kappa shape index (κ3) is 6.16. The normalized spacial score (nSPS) is 19.8. The molecule has 1 aromatic heterocycles. The van der Waals surface area contributed by atoms with Crippen LogP contribution in [0.2, 0.25) is 0 Å². The maximum Gasteiger partial charge on any atom is 0.248 e. The second-order valence-electron chi connectivity index (χ2n) is 8.69. The highest BCUT2D eigenvalue weighted by Crippen LogP contribution is 2.20. The molecule has 2 N–H and O–H groups in total. The van der Waals surface area contributed by atoms with E-state index >= 15 is 0 Å². The van der Waals surface area contributed by atoms with Crippen molar-refractivity contribution < 1.29 is 14.3 Å². The summed E-state index contributed by atoms with van der Waals surface area (Å²) in [4.78, 5) is 32.1. The molecular weight excluding hydrogens is 436 g/mol. The molecule has 2 heterocycles. The highest BCUT2D eigenvalue weighted by molar-refractivity contribution is 7.13. The average Bonchev–Trinajstić information content (AvgIpc) is 3.19. The third-order valence-electron chi connectivity index (χ3n) is 5.66. The lowest BCUT2D eigenvalue weighted by molar-refractivity contribution is -0.125. The van der Waals surface area contributed by atoms with Gasteiger partial charge in [0.05, 0.1) is 24.3 Å². The Kier molecular flexibility index (Phi) is 7.37. The number of anilines is 1. The lowest BCUT2D eigenvalue weighted by atomic mass is 10.0. The first-order valence-electron chi connectivity index (χ1n) is 11.3. The quantitative estimate of drug-likeness (QED) is 0.556. The molecular formula is C25H30N4O3S. The monoisotopic (exact) mass is 466 g/mol. The summed E-state index contributed by atoms with van der Waals surface area (Å²) in [7, 11) is 0. The molecule has 1 aliphatic rings. The molecule has 0 bridgehead atoms. The highest BCUT2D eigenvalue weighted by atomic mass is 32.1. The minimum absolute atomic E-state index is 0.190. The lowest BCUT2D eigenvalue weighted by Gasteiger charge is -2.34. The number of thiazole rings is 1. The van der Waals surface area contributed by atoms with Crippen molar-refractivity contribution in [1.29, 1.82) is 0 Å². The van der Waals surface area contributed by atoms with Gasteiger partial charge in [-0.25, -0.2) is 4.98 Å². The van der Waals surface area contributed by atoms with Crippen LogP contribution in [0.25, 0.3) is 10.8 Å². The molecule has 2 aromatic carbocycles. The number of rotatable bonds is 7. The number of hydrogen-bond donors (Lipinski definition) is 2. The fraction of sp³-hybridized carbons (Fsp3) is 0.400. The highest BCUT2D eigenvalue weighted by Gasteiger charge is 2.23. The number of aromatic nitrogens is 1. The van der Waals surface area contributed by atoms with Crippen molar-refractivity contribution in [3.8, 4) is 0 Å². The zero-order valence-corrected chi connectivity index (χ0v) is 20.0. The van der Waals surface area contributed by atoms with Gasteiger partial charge in [0.1, 0.15) is 6.04 Å². The lowest BCUT2D eigenvalue weighted by Crippen LogP contribution is -2.44. The van der Waals surface area contributed by atoms with E-state index in [2.05, 4.69) is 34.4 Å². The molecule has 1 aliphatic heterocycles. The summed E-state index contributed by atoms with van der Waals surface area (Å²) < 4.78 is 5.78. The number of fused-ring (bicyclic) bond motifs is 1. The second-order valence-corrected chi connectivity index (χ2v) is 9.55. The Bertz CT molecular complexity index is 1120. The predicted octanol–water partition coefficient (Wildman–Crippen LogP) is 3.59. The summed E-state index contributed by atoms with van der Waals surface area (Å²) in [5, 5.41) is 10.3. The van der Waals surface area contributed by atoms with Gasteiger partial charge in [-0.15, -0.1) is 11.3 Å². The minimum atomic E-state index is -0.666. The first-order valence-corrected chi connectivity index (χ1v) is 12.1. The Morgan fingerprint density at radius 1 is 1.15 bits per heavy atom. The summed E-state index contributed by atoms with van der Waals surface area (Å²) in [6.45, 7) is 8.28. The Balaban J connectivity index is 1.29. The molecule has 0 aliphatic carbocycles. The number of amides is 2. The van der Waals surface area contributed by atoms with E-state index in [1.807, 2.05) is 47.8 Å². The number of hydrogen-bond acceptors (Lipinski definition) is 6. The Hall–Kier alpha value is -2.81. The summed E-state index contributed by atoms with van der Waals surface area (Å²) in [6, 6.07) is 13.2. The molecule has 33 heavy (non-hydrogen) atoms. The Morgan fingerprint density at radius 3 is 2.67 bits per heavy atom. The van der Waals surface area contributed by atoms with E-state index in [4.69, 9.17) is 4.74 Å². The number of carbonyl (C=O) groups excluding carboxylic acids is 2. The van der Waals surface area contributed by atoms with Crippen LogP contribution in [0.15, 0.2) is 47.8 Å². The molecule has 0 radical (unpaired) electrons. The van der Waals surface area contributed by atoms with Gasteiger partial charge in [-0.3, -0.25) is 14.5 Å². The molecule has 3 unspecified atom stereocenters. The number of benzene rings is 2. The van der Waals surface area contributed by atoms with Crippen molar-refractivity contribution in [2.24, 2.45) is 0 Å². The van der Waals surface area contributed by atoms with Crippen molar-refractivity contribution in [2.45, 2.75) is 52.0 Å². The van der Waals surface area contributed by atoms with Crippen LogP contribution in [0.4, 0.5) is 5.13 Å². The maximum atomic E-state index is 12.6. The van der Waals surface area contributed by atoms with E-state index in [0.29, 0.717) is 5.13 Å². The smallest absolute Gasteiger partial charge is 0.248 e. The van der Waals surface area contributed by atoms with E-state index in [1.165, 1.54) is 11.3 Å². The second kappa shape index (κ2) is 10.4. The first kappa shape index (κ1) is 23.4. The van der Waals surface area contributed by atoms with Crippen LogP contribution in [0.3, 0.4) is 0 Å². The molecule has 1 saturated heterocycles. The zero-order chi connectivity index (χ0) is 23.4. The third-order valence-corrected chi connectivity index (χ3v) is 6.47. The molecule has 3 atom stereocenters. The number of carbonyl (C=O) groups is 2. The fourth-order valence-electron chi connectivity index (χ4n) is 4.27. The summed E-state index contributed by atoms with van der Waals surface area (Å²) in [5.74, 6) is -0.472. The van der Waals surface area contributed by atoms with Gasteiger partial charge in [0.25, 0.3) is 0 Å². The summed E-state index contributed by atoms with van der Waals surface area (Å²) in [5.41, 5.74) is 1.86. The fourth-order valence-corrected chi connectivity index (χ4v) is 4.98. The molecule has 3 aromatic rings. The molecule has 1 fully saturated rings. The maximum absolute atomic E-state index is 12.6. The van der Waals surface area contributed by atoms with E-state index in [0.717, 1.165) is 41.7 Å². The predicted molar refractivity (Wildman–Crippen MR) is 131 cm³/mol. The van der Waals surface area contributed by atoms with Crippen molar-refractivity contribution >= 4 is 39.1 Å². The molecule has 2 amide bonds. The van der Waals surface area contributed by atoms with Gasteiger partial charge in [0.2, 0.25) is 11.8 Å². The molecule has 8 heteroatoms. The zero-order valence-electron chi connectivity index (χ0n) is 19.2. The van der Waals surface area contributed by atoms with Crippen LogP contribution in [-0.2, 0) is 27.3 Å². The van der Waals surface area contributed by atoms with Crippen LogP contribution in [-0.4, -0.2) is 53.0 Å². The summed E-state index contributed by atoms with van der Waals surface area (Å²) in [6.07, 6.45) is 0.617. The minimum Gasteiger partial charge on any atom is -0.373 e. The first-order chi connectivity index (χ1) is 15.9. The van der Waals surface area contributed by atoms with Crippen LogP contribution in [0.5, 0.6) is 0 Å². The van der Waals surface area contributed by atoms with Gasteiger partial charge in [-0.05, 0) is 37.1 Å². The van der Waals surface area contributed by atoms with Crippen molar-refractivity contribution in [2.75, 3.05) is 18.4 Å². The van der Waals surface area contributed by atoms with Gasteiger partial charge in [0, 0.05) is 25.0 Å². The molecule has 4 rings (SSSR count). The van der Waals surface area contributed by atoms with Crippen LogP contribution < -0.4 is 10.6 Å². The number of nitrogens with one attached hydrogen (secondary N) is 2. The summed E-state index contributed by atoms with van der Waals surface area (Å²) >= 11 is 1.39. The topological polar surface area (TPSA) is 83.6 Å². The average molecular weight is 467 g/mol. The van der Waals surface area contributed by atoms with Crippen LogP contribution >= 0.6 is 11.3 Å². The largest absolute Gasteiger partial charge is 0.373 e. The molecule has 0 saturated carbocycles. The van der Waals surface area contributed by atoms with E-state index in [9.17, 15) is 9.59 Å². The van der Waals surface area contributed by atoms with E-state index in [-0.39, 0.29) is 30.4 Å². The van der Waals surface area contributed by atoms with Gasteiger partial charge < -0.3 is 15.4 Å². The number of morpholine rings is 1. The van der Waals surface area contributed by atoms with Crippen molar-refractivity contribution in [3.63, 3.8) is 0 Å². The SMILES string of the molecule is CC1CN(Cc2csc(NC(=O)C(C)NC(=O)Cc3cccc4ccccc34)n2)CC(C)O1. The Morgan fingerprint density at radius 2 is 1.88 bits per heavy atom. The van der Waals surface area contributed by atoms with Crippen molar-refractivity contribution in [1.82, 2.24) is 15.2 Å². The van der Waals surface area contributed by atoms with Gasteiger partial charge in [0.15, 0.2) is 5.13 Å². The molecule has 174 valence electrons. The number of nitrogens with zero attached hydrogens (tertiary/aromatic N) is 2. The van der Waals surface area contributed by atoms with Crippen LogP contribution in [0, 0.1) is 0 Å². The van der Waals surface area contributed by atoms with Gasteiger partial charge in [-0.2, -0.15) is 0 Å². The Labute approximate surface area is 198 Å². The van der Waals surface area contributed by atoms with Crippen molar-refractivity contribution in [3.05, 3.63) is 59.1 Å². The standard InChI is InChI=1S/C25H30N4O3S/c1-16-12-29(13-17(2)32-16)14-21-15-33-25(27-21)28-24(31)18(3)26-23(30)11-20-9-6-8-19-7-4-5-10-22(19)20/h4-10,15-18H,11-14H2,1-3H3,(H,26,30)(H,27,28,31). The van der Waals surface area contributed by atoms with Gasteiger partial charge >= 0.3 is 0 Å². The van der Waals surface area contributed by atoms with Gasteiger partial charge in [-0.1, -0.05) is 42.5 Å². The van der Waals surface area contributed by atoms with E-state index < -0.39 is 6.04 Å². The molecule has 7 nitrogen and oxygen atoms in total. The number of ether oxygens (including phenoxy) is 1.